The number of para-hydroxylation sites is 1. The molecule has 0 fully saturated rings. The lowest BCUT2D eigenvalue weighted by molar-refractivity contribution is -0.147. The van der Waals surface area contributed by atoms with E-state index in [4.69, 9.17) is 4.74 Å². The van der Waals surface area contributed by atoms with Crippen LogP contribution in [-0.2, 0) is 23.2 Å². The Kier molecular flexibility index (Phi) is 4.85. The Bertz CT molecular complexity index is 1280. The zero-order valence-electron chi connectivity index (χ0n) is 15.7. The molecule has 9 nitrogen and oxygen atoms in total. The highest BCUT2D eigenvalue weighted by Gasteiger charge is 2.20. The van der Waals surface area contributed by atoms with E-state index in [-0.39, 0.29) is 18.1 Å². The molecule has 1 unspecified atom stereocenters. The Hall–Kier alpha value is -3.53. The Morgan fingerprint density at radius 3 is 2.76 bits per heavy atom. The van der Waals surface area contributed by atoms with Crippen LogP contribution < -0.4 is 10.9 Å². The van der Waals surface area contributed by atoms with Crippen molar-refractivity contribution in [1.29, 1.82) is 0 Å². The number of hydrogen-bond acceptors (Lipinski definition) is 7. The van der Waals surface area contributed by atoms with Crippen molar-refractivity contribution in [2.45, 2.75) is 19.6 Å². The molecule has 1 atom stereocenters. The van der Waals surface area contributed by atoms with Crippen LogP contribution in [0, 0.1) is 0 Å². The number of hydrogen-bond donors (Lipinski definition) is 1. The SMILES string of the molecule is CC(NC(=O)c1cccs1)C(=O)OCc1nnc2n(C)c(=O)c3ccccc3n12. The molecule has 29 heavy (non-hydrogen) atoms. The standard InChI is InChI=1S/C19H17N5O4S/c1-11(20-16(25)14-8-5-9-29-14)18(27)28-10-15-21-22-19-23(2)17(26)12-6-3-4-7-13(12)24(15)19/h3-9,11H,10H2,1-2H3,(H,20,25). The quantitative estimate of drug-likeness (QED) is 0.499. The van der Waals surface area contributed by atoms with Gasteiger partial charge in [-0.15, -0.1) is 21.5 Å². The number of aromatic nitrogens is 4. The van der Waals surface area contributed by atoms with Crippen molar-refractivity contribution in [3.05, 3.63) is 62.8 Å². The lowest BCUT2D eigenvalue weighted by atomic mass is 10.2. The lowest BCUT2D eigenvalue weighted by Crippen LogP contribution is -2.39. The maximum atomic E-state index is 12.5. The molecule has 0 bridgehead atoms. The summed E-state index contributed by atoms with van der Waals surface area (Å²) in [6.45, 7) is 1.40. The van der Waals surface area contributed by atoms with E-state index in [9.17, 15) is 14.4 Å². The molecule has 0 spiro atoms. The molecule has 1 aromatic carbocycles. The summed E-state index contributed by atoms with van der Waals surface area (Å²) in [5, 5.41) is 13.0. The molecular formula is C19H17N5O4S. The second-order valence-electron chi connectivity index (χ2n) is 6.41. The van der Waals surface area contributed by atoms with Crippen LogP contribution >= 0.6 is 11.3 Å². The lowest BCUT2D eigenvalue weighted by Gasteiger charge is -2.13. The monoisotopic (exact) mass is 411 g/mol. The van der Waals surface area contributed by atoms with Crippen LogP contribution in [0.5, 0.6) is 0 Å². The minimum absolute atomic E-state index is 0.151. The number of thiophene rings is 1. The second-order valence-corrected chi connectivity index (χ2v) is 7.36. The molecule has 148 valence electrons. The van der Waals surface area contributed by atoms with Gasteiger partial charge in [-0.1, -0.05) is 18.2 Å². The van der Waals surface area contributed by atoms with E-state index in [0.29, 0.717) is 27.4 Å². The molecule has 0 aliphatic carbocycles. The van der Waals surface area contributed by atoms with E-state index >= 15 is 0 Å². The molecule has 4 rings (SSSR count). The highest BCUT2D eigenvalue weighted by Crippen LogP contribution is 2.14. The number of aryl methyl sites for hydroxylation is 1. The molecular weight excluding hydrogens is 394 g/mol. The van der Waals surface area contributed by atoms with Crippen LogP contribution in [0.25, 0.3) is 16.7 Å². The van der Waals surface area contributed by atoms with Crippen molar-refractivity contribution in [1.82, 2.24) is 24.5 Å². The molecule has 0 radical (unpaired) electrons. The minimum Gasteiger partial charge on any atom is -0.456 e. The molecule has 0 saturated heterocycles. The molecule has 1 amide bonds. The van der Waals surface area contributed by atoms with E-state index in [2.05, 4.69) is 15.5 Å². The fourth-order valence-electron chi connectivity index (χ4n) is 2.98. The molecule has 3 aromatic heterocycles. The van der Waals surface area contributed by atoms with Gasteiger partial charge in [0.05, 0.1) is 15.8 Å². The van der Waals surface area contributed by atoms with Gasteiger partial charge in [0.15, 0.2) is 12.4 Å². The fraction of sp³-hybridized carbons (Fsp3) is 0.211. The molecule has 1 N–H and O–H groups in total. The summed E-state index contributed by atoms with van der Waals surface area (Å²) in [5.74, 6) is -0.213. The molecule has 10 heteroatoms. The van der Waals surface area contributed by atoms with Crippen LogP contribution in [-0.4, -0.2) is 37.1 Å². The Balaban J connectivity index is 1.55. The van der Waals surface area contributed by atoms with E-state index in [1.54, 1.807) is 60.2 Å². The maximum Gasteiger partial charge on any atom is 0.328 e. The topological polar surface area (TPSA) is 108 Å². The summed E-state index contributed by atoms with van der Waals surface area (Å²) < 4.78 is 8.41. The fourth-order valence-corrected chi connectivity index (χ4v) is 3.61. The average molecular weight is 411 g/mol. The Morgan fingerprint density at radius 1 is 1.21 bits per heavy atom. The van der Waals surface area contributed by atoms with Gasteiger partial charge >= 0.3 is 5.97 Å². The third kappa shape index (κ3) is 3.38. The van der Waals surface area contributed by atoms with Gasteiger partial charge < -0.3 is 10.1 Å². The number of rotatable bonds is 5. The molecule has 3 heterocycles. The number of carbonyl (C=O) groups excluding carboxylic acids is 2. The van der Waals surface area contributed by atoms with E-state index in [1.807, 2.05) is 0 Å². The van der Waals surface area contributed by atoms with Gasteiger partial charge in [0.2, 0.25) is 5.78 Å². The first kappa shape index (κ1) is 18.8. The average Bonchev–Trinajstić information content (AvgIpc) is 3.40. The number of fused-ring (bicyclic) bond motifs is 3. The number of ether oxygens (including phenoxy) is 1. The number of nitrogens with one attached hydrogen (secondary N) is 1. The van der Waals surface area contributed by atoms with Crippen molar-refractivity contribution in [2.75, 3.05) is 0 Å². The van der Waals surface area contributed by atoms with E-state index in [0.717, 1.165) is 0 Å². The zero-order chi connectivity index (χ0) is 20.5. The third-order valence-corrected chi connectivity index (χ3v) is 5.35. The van der Waals surface area contributed by atoms with E-state index in [1.165, 1.54) is 15.9 Å². The van der Waals surface area contributed by atoms with Crippen LogP contribution in [0.15, 0.2) is 46.6 Å². The summed E-state index contributed by atoms with van der Waals surface area (Å²) in [5.41, 5.74) is 0.439. The van der Waals surface area contributed by atoms with Gasteiger partial charge in [-0.05, 0) is 30.5 Å². The van der Waals surface area contributed by atoms with Crippen LogP contribution in [0.2, 0.25) is 0 Å². The number of amides is 1. The minimum atomic E-state index is -0.829. The van der Waals surface area contributed by atoms with Gasteiger partial charge in [0.1, 0.15) is 6.04 Å². The molecule has 0 saturated carbocycles. The van der Waals surface area contributed by atoms with Crippen molar-refractivity contribution >= 4 is 39.9 Å². The molecule has 0 aliphatic rings. The second kappa shape index (κ2) is 7.47. The van der Waals surface area contributed by atoms with Crippen LogP contribution in [0.4, 0.5) is 0 Å². The zero-order valence-corrected chi connectivity index (χ0v) is 16.5. The summed E-state index contributed by atoms with van der Waals surface area (Å²) in [6.07, 6.45) is 0. The highest BCUT2D eigenvalue weighted by atomic mass is 32.1. The summed E-state index contributed by atoms with van der Waals surface area (Å²) in [6, 6.07) is 9.69. The summed E-state index contributed by atoms with van der Waals surface area (Å²) in [7, 11) is 1.61. The van der Waals surface area contributed by atoms with Gasteiger partial charge in [-0.2, -0.15) is 0 Å². The number of carbonyl (C=O) groups is 2. The number of benzene rings is 1. The Labute approximate surface area is 168 Å². The first-order chi connectivity index (χ1) is 14.0. The van der Waals surface area contributed by atoms with Crippen molar-refractivity contribution in [2.24, 2.45) is 7.05 Å². The van der Waals surface area contributed by atoms with Crippen molar-refractivity contribution in [3.8, 4) is 0 Å². The van der Waals surface area contributed by atoms with Gasteiger partial charge in [-0.3, -0.25) is 18.6 Å². The summed E-state index contributed by atoms with van der Waals surface area (Å²) in [4.78, 5) is 37.4. The predicted octanol–water partition coefficient (Wildman–Crippen LogP) is 1.50. The first-order valence-corrected chi connectivity index (χ1v) is 9.68. The van der Waals surface area contributed by atoms with Gasteiger partial charge in [0.25, 0.3) is 11.5 Å². The van der Waals surface area contributed by atoms with E-state index < -0.39 is 12.0 Å². The predicted molar refractivity (Wildman–Crippen MR) is 107 cm³/mol. The largest absolute Gasteiger partial charge is 0.456 e. The Morgan fingerprint density at radius 2 is 2.00 bits per heavy atom. The molecule has 0 aliphatic heterocycles. The highest BCUT2D eigenvalue weighted by molar-refractivity contribution is 7.12. The smallest absolute Gasteiger partial charge is 0.328 e. The van der Waals surface area contributed by atoms with Crippen LogP contribution in [0.1, 0.15) is 22.4 Å². The normalized spacial score (nSPS) is 12.2. The van der Waals surface area contributed by atoms with Gasteiger partial charge in [0, 0.05) is 7.05 Å². The number of nitrogens with zero attached hydrogens (tertiary/aromatic N) is 4. The maximum absolute atomic E-state index is 12.5. The number of esters is 1. The molecule has 4 aromatic rings. The van der Waals surface area contributed by atoms with Crippen molar-refractivity contribution in [3.63, 3.8) is 0 Å². The van der Waals surface area contributed by atoms with Gasteiger partial charge in [-0.25, -0.2) is 4.79 Å². The van der Waals surface area contributed by atoms with Crippen LogP contribution in [0.3, 0.4) is 0 Å². The third-order valence-electron chi connectivity index (χ3n) is 4.48. The summed E-state index contributed by atoms with van der Waals surface area (Å²) >= 11 is 1.29. The first-order valence-electron chi connectivity index (χ1n) is 8.80. The van der Waals surface area contributed by atoms with Crippen molar-refractivity contribution < 1.29 is 14.3 Å².